The first-order valence-corrected chi connectivity index (χ1v) is 5.22. The third kappa shape index (κ3) is 3.46. The van der Waals surface area contributed by atoms with Crippen molar-refractivity contribution in [3.63, 3.8) is 0 Å². The molecule has 0 saturated heterocycles. The van der Waals surface area contributed by atoms with Crippen molar-refractivity contribution < 1.29 is 19.1 Å². The monoisotopic (exact) mass is 270 g/mol. The molecule has 0 radical (unpaired) electrons. The second kappa shape index (κ2) is 6.61. The van der Waals surface area contributed by atoms with Gasteiger partial charge in [-0.2, -0.15) is 5.10 Å². The minimum absolute atomic E-state index is 0.398. The molecule has 0 bridgehead atoms. The van der Waals surface area contributed by atoms with Gasteiger partial charge in [0, 0.05) is 0 Å². The molecule has 7 heteroatoms. The van der Waals surface area contributed by atoms with Gasteiger partial charge >= 0.3 is 11.9 Å². The van der Waals surface area contributed by atoms with E-state index >= 15 is 0 Å². The van der Waals surface area contributed by atoms with Crippen LogP contribution in [0.1, 0.15) is 0 Å². The maximum Gasteiger partial charge on any atom is 0.366 e. The van der Waals surface area contributed by atoms with Crippen LogP contribution in [0.5, 0.6) is 0 Å². The van der Waals surface area contributed by atoms with E-state index in [1.54, 1.807) is 24.3 Å². The zero-order valence-electron chi connectivity index (χ0n) is 9.77. The van der Waals surface area contributed by atoms with E-state index in [0.29, 0.717) is 10.7 Å². The minimum Gasteiger partial charge on any atom is -0.464 e. The van der Waals surface area contributed by atoms with Crippen molar-refractivity contribution in [3.8, 4) is 0 Å². The van der Waals surface area contributed by atoms with Gasteiger partial charge < -0.3 is 9.47 Å². The molecule has 18 heavy (non-hydrogen) atoms. The van der Waals surface area contributed by atoms with E-state index in [-0.39, 0.29) is 0 Å². The topological polar surface area (TPSA) is 77.0 Å². The SMILES string of the molecule is COC(=O)C(=NNc1ccccc1Cl)C(=O)OC. The first kappa shape index (κ1) is 14.0. The van der Waals surface area contributed by atoms with E-state index in [0.717, 1.165) is 14.2 Å². The number of anilines is 1. The average molecular weight is 271 g/mol. The maximum atomic E-state index is 11.3. The number of benzene rings is 1. The largest absolute Gasteiger partial charge is 0.464 e. The first-order chi connectivity index (χ1) is 8.60. The van der Waals surface area contributed by atoms with Gasteiger partial charge in [-0.15, -0.1) is 0 Å². The third-order valence-corrected chi connectivity index (χ3v) is 2.25. The van der Waals surface area contributed by atoms with Crippen LogP contribution < -0.4 is 5.43 Å². The Labute approximate surface area is 109 Å². The fourth-order valence-corrected chi connectivity index (χ4v) is 1.21. The highest BCUT2D eigenvalue weighted by Gasteiger charge is 2.22. The van der Waals surface area contributed by atoms with Crippen molar-refractivity contribution in [2.45, 2.75) is 0 Å². The summed E-state index contributed by atoms with van der Waals surface area (Å²) < 4.78 is 8.82. The highest BCUT2D eigenvalue weighted by molar-refractivity contribution is 6.62. The normalized spacial score (nSPS) is 9.28. The number of esters is 2. The van der Waals surface area contributed by atoms with E-state index < -0.39 is 17.7 Å². The Morgan fingerprint density at radius 3 is 2.22 bits per heavy atom. The van der Waals surface area contributed by atoms with Gasteiger partial charge in [0.25, 0.3) is 5.71 Å². The van der Waals surface area contributed by atoms with Crippen LogP contribution in [-0.4, -0.2) is 31.9 Å². The number of para-hydroxylation sites is 1. The van der Waals surface area contributed by atoms with Gasteiger partial charge in [-0.25, -0.2) is 9.59 Å². The number of hydrazone groups is 1. The number of halogens is 1. The molecule has 0 fully saturated rings. The summed E-state index contributed by atoms with van der Waals surface area (Å²) in [6, 6.07) is 6.73. The zero-order valence-corrected chi connectivity index (χ0v) is 10.5. The summed E-state index contributed by atoms with van der Waals surface area (Å²) in [6.07, 6.45) is 0. The number of methoxy groups -OCH3 is 2. The van der Waals surface area contributed by atoms with Crippen LogP contribution in [0.25, 0.3) is 0 Å². The summed E-state index contributed by atoms with van der Waals surface area (Å²) >= 11 is 5.87. The van der Waals surface area contributed by atoms with Crippen molar-refractivity contribution in [3.05, 3.63) is 29.3 Å². The summed E-state index contributed by atoms with van der Waals surface area (Å²) in [5, 5.41) is 4.03. The van der Waals surface area contributed by atoms with E-state index in [1.807, 2.05) is 0 Å². The fourth-order valence-electron chi connectivity index (χ4n) is 1.04. The van der Waals surface area contributed by atoms with Crippen molar-refractivity contribution in [2.75, 3.05) is 19.6 Å². The third-order valence-electron chi connectivity index (χ3n) is 1.92. The lowest BCUT2D eigenvalue weighted by Gasteiger charge is -2.05. The van der Waals surface area contributed by atoms with Crippen molar-refractivity contribution in [1.29, 1.82) is 0 Å². The molecule has 0 heterocycles. The molecule has 0 aromatic heterocycles. The second-order valence-electron chi connectivity index (χ2n) is 3.04. The zero-order chi connectivity index (χ0) is 13.5. The molecule has 0 aliphatic carbocycles. The molecular formula is C11H11ClN2O4. The smallest absolute Gasteiger partial charge is 0.366 e. The van der Waals surface area contributed by atoms with Gasteiger partial charge in [0.15, 0.2) is 0 Å². The molecule has 1 aromatic rings. The number of hydrogen-bond acceptors (Lipinski definition) is 6. The predicted octanol–water partition coefficient (Wildman–Crippen LogP) is 1.45. The van der Waals surface area contributed by atoms with Gasteiger partial charge in [-0.1, -0.05) is 23.7 Å². The van der Waals surface area contributed by atoms with E-state index in [1.165, 1.54) is 0 Å². The van der Waals surface area contributed by atoms with Gasteiger partial charge in [-0.05, 0) is 12.1 Å². The molecule has 0 aliphatic heterocycles. The molecule has 0 saturated carbocycles. The predicted molar refractivity (Wildman–Crippen MR) is 66.5 cm³/mol. The molecule has 1 rings (SSSR count). The van der Waals surface area contributed by atoms with Crippen LogP contribution >= 0.6 is 11.6 Å². The second-order valence-corrected chi connectivity index (χ2v) is 3.44. The quantitative estimate of drug-likeness (QED) is 0.388. The lowest BCUT2D eigenvalue weighted by atomic mass is 10.3. The van der Waals surface area contributed by atoms with Gasteiger partial charge in [0.2, 0.25) is 0 Å². The van der Waals surface area contributed by atoms with Crippen LogP contribution in [0.4, 0.5) is 5.69 Å². The Morgan fingerprint density at radius 1 is 1.17 bits per heavy atom. The number of ether oxygens (including phenoxy) is 2. The Kier molecular flexibility index (Phi) is 5.13. The Balaban J connectivity index is 2.94. The van der Waals surface area contributed by atoms with Crippen molar-refractivity contribution in [2.24, 2.45) is 5.10 Å². The van der Waals surface area contributed by atoms with Crippen molar-refractivity contribution in [1.82, 2.24) is 0 Å². The molecule has 0 amide bonds. The summed E-state index contributed by atoms with van der Waals surface area (Å²) in [5.41, 5.74) is 2.45. The van der Waals surface area contributed by atoms with Crippen LogP contribution in [0, 0.1) is 0 Å². The highest BCUT2D eigenvalue weighted by atomic mass is 35.5. The molecule has 6 nitrogen and oxygen atoms in total. The number of nitrogens with one attached hydrogen (secondary N) is 1. The highest BCUT2D eigenvalue weighted by Crippen LogP contribution is 2.20. The lowest BCUT2D eigenvalue weighted by Crippen LogP contribution is -2.27. The standard InChI is InChI=1S/C11H11ClN2O4/c1-17-10(15)9(11(16)18-2)14-13-8-6-4-3-5-7(8)12/h3-6,13H,1-2H3. The molecule has 1 N–H and O–H groups in total. The molecule has 0 aliphatic rings. The van der Waals surface area contributed by atoms with E-state index in [9.17, 15) is 9.59 Å². The molecule has 96 valence electrons. The molecule has 0 atom stereocenters. The average Bonchev–Trinajstić information content (AvgIpc) is 2.40. The summed E-state index contributed by atoms with van der Waals surface area (Å²) in [4.78, 5) is 22.6. The molecular weight excluding hydrogens is 260 g/mol. The molecule has 0 unspecified atom stereocenters. The van der Waals surface area contributed by atoms with E-state index in [4.69, 9.17) is 11.6 Å². The summed E-state index contributed by atoms with van der Waals surface area (Å²) in [6.45, 7) is 0. The number of hydrogen-bond donors (Lipinski definition) is 1. The van der Waals surface area contributed by atoms with Crippen LogP contribution in [0.2, 0.25) is 5.02 Å². The van der Waals surface area contributed by atoms with Crippen LogP contribution in [0.3, 0.4) is 0 Å². The van der Waals surface area contributed by atoms with Gasteiger partial charge in [0.05, 0.1) is 24.9 Å². The maximum absolute atomic E-state index is 11.3. The number of nitrogens with zero attached hydrogens (tertiary/aromatic N) is 1. The van der Waals surface area contributed by atoms with E-state index in [2.05, 4.69) is 20.0 Å². The Hall–Kier alpha value is -2.08. The van der Waals surface area contributed by atoms with Gasteiger partial charge in [-0.3, -0.25) is 5.43 Å². The van der Waals surface area contributed by atoms with Gasteiger partial charge in [0.1, 0.15) is 0 Å². The number of carbonyl (C=O) groups excluding carboxylic acids is 2. The lowest BCUT2D eigenvalue weighted by molar-refractivity contribution is -0.138. The molecule has 0 spiro atoms. The van der Waals surface area contributed by atoms with Crippen LogP contribution in [0.15, 0.2) is 29.4 Å². The Bertz CT molecular complexity index is 470. The summed E-state index contributed by atoms with van der Waals surface area (Å²) in [7, 11) is 2.27. The minimum atomic E-state index is -0.901. The Morgan fingerprint density at radius 2 is 1.72 bits per heavy atom. The van der Waals surface area contributed by atoms with Crippen molar-refractivity contribution >= 4 is 34.9 Å². The number of carbonyl (C=O) groups is 2. The number of rotatable bonds is 4. The van der Waals surface area contributed by atoms with Crippen LogP contribution in [-0.2, 0) is 19.1 Å². The fraction of sp³-hybridized carbons (Fsp3) is 0.182. The summed E-state index contributed by atoms with van der Waals surface area (Å²) in [5.74, 6) is -1.80. The first-order valence-electron chi connectivity index (χ1n) is 4.85. The molecule has 1 aromatic carbocycles.